The molecule has 2 rings (SSSR count). The second kappa shape index (κ2) is 5.46. The topological polar surface area (TPSA) is 42.2 Å². The van der Waals surface area contributed by atoms with Gasteiger partial charge in [0.15, 0.2) is 5.82 Å². The molecule has 0 saturated heterocycles. The van der Waals surface area contributed by atoms with E-state index >= 15 is 0 Å². The first kappa shape index (κ1) is 13.0. The summed E-state index contributed by atoms with van der Waals surface area (Å²) in [5.41, 5.74) is 7.60. The lowest BCUT2D eigenvalue weighted by Crippen LogP contribution is -2.19. The summed E-state index contributed by atoms with van der Waals surface area (Å²) < 4.78 is 0. The fourth-order valence-corrected chi connectivity index (χ4v) is 2.00. The zero-order valence-electron chi connectivity index (χ0n) is 9.90. The number of aromatic nitrogens is 1. The third kappa shape index (κ3) is 3.06. The Labute approximate surface area is 116 Å². The highest BCUT2D eigenvalue weighted by Gasteiger charge is 2.08. The van der Waals surface area contributed by atoms with Crippen LogP contribution >= 0.6 is 23.2 Å². The van der Waals surface area contributed by atoms with Gasteiger partial charge in [-0.2, -0.15) is 0 Å². The second-order valence-corrected chi connectivity index (χ2v) is 4.92. The van der Waals surface area contributed by atoms with Gasteiger partial charge >= 0.3 is 0 Å². The SMILES string of the molecule is CN(Cc1ccc(Cl)cc1)c1ncc(Cl)cc1N. The minimum Gasteiger partial charge on any atom is -0.396 e. The monoisotopic (exact) mass is 281 g/mol. The number of pyridine rings is 1. The van der Waals surface area contributed by atoms with Gasteiger partial charge in [-0.25, -0.2) is 4.98 Å². The predicted octanol–water partition coefficient (Wildman–Crippen LogP) is 3.61. The van der Waals surface area contributed by atoms with Gasteiger partial charge in [0.25, 0.3) is 0 Å². The van der Waals surface area contributed by atoms with Crippen molar-refractivity contribution in [2.24, 2.45) is 0 Å². The average molecular weight is 282 g/mol. The van der Waals surface area contributed by atoms with E-state index in [1.165, 1.54) is 0 Å². The summed E-state index contributed by atoms with van der Waals surface area (Å²) in [6.07, 6.45) is 1.59. The zero-order valence-corrected chi connectivity index (χ0v) is 11.4. The van der Waals surface area contributed by atoms with Crippen LogP contribution in [0.15, 0.2) is 36.5 Å². The van der Waals surface area contributed by atoms with E-state index in [0.29, 0.717) is 23.1 Å². The van der Waals surface area contributed by atoms with Crippen LogP contribution in [0.4, 0.5) is 11.5 Å². The third-order valence-electron chi connectivity index (χ3n) is 2.56. The van der Waals surface area contributed by atoms with Crippen LogP contribution in [0, 0.1) is 0 Å². The quantitative estimate of drug-likeness (QED) is 0.935. The van der Waals surface area contributed by atoms with Crippen molar-refractivity contribution in [3.63, 3.8) is 0 Å². The van der Waals surface area contributed by atoms with Gasteiger partial charge in [-0.1, -0.05) is 35.3 Å². The van der Waals surface area contributed by atoms with Gasteiger partial charge in [-0.15, -0.1) is 0 Å². The molecule has 0 atom stereocenters. The largest absolute Gasteiger partial charge is 0.396 e. The Morgan fingerprint density at radius 1 is 1.17 bits per heavy atom. The highest BCUT2D eigenvalue weighted by Crippen LogP contribution is 2.23. The van der Waals surface area contributed by atoms with Crippen LogP contribution in [0.5, 0.6) is 0 Å². The predicted molar refractivity (Wildman–Crippen MR) is 77.2 cm³/mol. The lowest BCUT2D eigenvalue weighted by molar-refractivity contribution is 0.900. The molecule has 0 aliphatic carbocycles. The molecule has 0 saturated carbocycles. The molecule has 3 nitrogen and oxygen atoms in total. The number of hydrogen-bond acceptors (Lipinski definition) is 3. The molecule has 0 aliphatic rings. The van der Waals surface area contributed by atoms with Gasteiger partial charge in [0, 0.05) is 24.8 Å². The minimum absolute atomic E-state index is 0.538. The summed E-state index contributed by atoms with van der Waals surface area (Å²) in [5.74, 6) is 0.717. The molecule has 18 heavy (non-hydrogen) atoms. The molecule has 1 aromatic carbocycles. The Morgan fingerprint density at radius 3 is 2.44 bits per heavy atom. The molecular formula is C13H13Cl2N3. The van der Waals surface area contributed by atoms with E-state index in [9.17, 15) is 0 Å². The Balaban J connectivity index is 2.16. The van der Waals surface area contributed by atoms with E-state index in [0.717, 1.165) is 10.6 Å². The van der Waals surface area contributed by atoms with E-state index < -0.39 is 0 Å². The number of anilines is 2. The van der Waals surface area contributed by atoms with E-state index in [2.05, 4.69) is 4.98 Å². The van der Waals surface area contributed by atoms with Crippen molar-refractivity contribution in [3.8, 4) is 0 Å². The molecule has 94 valence electrons. The van der Waals surface area contributed by atoms with Crippen molar-refractivity contribution in [1.29, 1.82) is 0 Å². The van der Waals surface area contributed by atoms with Gasteiger partial charge in [0.05, 0.1) is 10.7 Å². The van der Waals surface area contributed by atoms with Crippen molar-refractivity contribution in [3.05, 3.63) is 52.1 Å². The Bertz CT molecular complexity index is 540. The van der Waals surface area contributed by atoms with Crippen LogP contribution in [-0.4, -0.2) is 12.0 Å². The van der Waals surface area contributed by atoms with E-state index in [-0.39, 0.29) is 0 Å². The first-order valence-corrected chi connectivity index (χ1v) is 6.18. The highest BCUT2D eigenvalue weighted by atomic mass is 35.5. The number of rotatable bonds is 3. The number of halogens is 2. The summed E-state index contributed by atoms with van der Waals surface area (Å²) in [6, 6.07) is 9.38. The smallest absolute Gasteiger partial charge is 0.151 e. The molecule has 1 aromatic heterocycles. The van der Waals surface area contributed by atoms with Crippen molar-refractivity contribution < 1.29 is 0 Å². The van der Waals surface area contributed by atoms with E-state index in [1.54, 1.807) is 12.3 Å². The van der Waals surface area contributed by atoms with Crippen molar-refractivity contribution in [2.75, 3.05) is 17.7 Å². The molecular weight excluding hydrogens is 269 g/mol. The fourth-order valence-electron chi connectivity index (χ4n) is 1.71. The van der Waals surface area contributed by atoms with Crippen molar-refractivity contribution in [2.45, 2.75) is 6.54 Å². The standard InChI is InChI=1S/C13H13Cl2N3/c1-18(8-9-2-4-10(14)5-3-9)13-12(16)6-11(15)7-17-13/h2-7H,8,16H2,1H3. The average Bonchev–Trinajstić information content (AvgIpc) is 2.32. The van der Waals surface area contributed by atoms with Crippen molar-refractivity contribution in [1.82, 2.24) is 4.98 Å². The number of benzene rings is 1. The summed E-state index contributed by atoms with van der Waals surface area (Å²) in [5, 5.41) is 1.27. The molecule has 2 aromatic rings. The van der Waals surface area contributed by atoms with E-state index in [1.807, 2.05) is 36.2 Å². The molecule has 0 amide bonds. The normalized spacial score (nSPS) is 10.4. The summed E-state index contributed by atoms with van der Waals surface area (Å²) >= 11 is 11.7. The number of nitrogens with zero attached hydrogens (tertiary/aromatic N) is 2. The van der Waals surface area contributed by atoms with Crippen LogP contribution in [-0.2, 0) is 6.54 Å². The molecule has 0 spiro atoms. The maximum Gasteiger partial charge on any atom is 0.151 e. The summed E-state index contributed by atoms with van der Waals surface area (Å²) in [4.78, 5) is 6.20. The molecule has 2 N–H and O–H groups in total. The zero-order chi connectivity index (χ0) is 13.1. The molecule has 0 aliphatic heterocycles. The van der Waals surface area contributed by atoms with Crippen LogP contribution in [0.2, 0.25) is 10.0 Å². The van der Waals surface area contributed by atoms with Crippen LogP contribution in [0.25, 0.3) is 0 Å². The van der Waals surface area contributed by atoms with Gasteiger partial charge in [0.1, 0.15) is 0 Å². The molecule has 0 unspecified atom stereocenters. The fraction of sp³-hybridized carbons (Fsp3) is 0.154. The lowest BCUT2D eigenvalue weighted by Gasteiger charge is -2.20. The van der Waals surface area contributed by atoms with Crippen LogP contribution in [0.1, 0.15) is 5.56 Å². The summed E-state index contributed by atoms with van der Waals surface area (Å²) in [7, 11) is 1.93. The van der Waals surface area contributed by atoms with E-state index in [4.69, 9.17) is 28.9 Å². The summed E-state index contributed by atoms with van der Waals surface area (Å²) in [6.45, 7) is 0.704. The second-order valence-electron chi connectivity index (χ2n) is 4.05. The molecule has 5 heteroatoms. The number of nitrogen functional groups attached to an aromatic ring is 1. The van der Waals surface area contributed by atoms with Gasteiger partial charge in [0.2, 0.25) is 0 Å². The Hall–Kier alpha value is -1.45. The Morgan fingerprint density at radius 2 is 1.83 bits per heavy atom. The molecule has 0 fully saturated rings. The molecule has 0 radical (unpaired) electrons. The molecule has 1 heterocycles. The first-order chi connectivity index (χ1) is 8.56. The lowest BCUT2D eigenvalue weighted by atomic mass is 10.2. The van der Waals surface area contributed by atoms with Crippen LogP contribution in [0.3, 0.4) is 0 Å². The first-order valence-electron chi connectivity index (χ1n) is 5.43. The minimum atomic E-state index is 0.538. The number of hydrogen-bond donors (Lipinski definition) is 1. The highest BCUT2D eigenvalue weighted by molar-refractivity contribution is 6.31. The number of nitrogens with two attached hydrogens (primary N) is 1. The van der Waals surface area contributed by atoms with Crippen LogP contribution < -0.4 is 10.6 Å². The van der Waals surface area contributed by atoms with Gasteiger partial charge < -0.3 is 10.6 Å². The maximum absolute atomic E-state index is 5.89. The third-order valence-corrected chi connectivity index (χ3v) is 3.02. The molecule has 0 bridgehead atoms. The van der Waals surface area contributed by atoms with Gasteiger partial charge in [-0.3, -0.25) is 0 Å². The van der Waals surface area contributed by atoms with Gasteiger partial charge in [-0.05, 0) is 23.8 Å². The Kier molecular flexibility index (Phi) is 3.94. The maximum atomic E-state index is 5.89. The van der Waals surface area contributed by atoms with Crippen molar-refractivity contribution >= 4 is 34.7 Å².